The van der Waals surface area contributed by atoms with Crippen LogP contribution in [0.15, 0.2) is 29.6 Å². The molecule has 1 atom stereocenters. The molecule has 1 aromatic heterocycles. The lowest BCUT2D eigenvalue weighted by Gasteiger charge is -2.25. The quantitative estimate of drug-likeness (QED) is 0.852. The number of hydrogen-bond donors (Lipinski definition) is 0. The number of carbonyl (C=O) groups is 1. The number of carbonyl (C=O) groups excluding carboxylic acids is 1. The van der Waals surface area contributed by atoms with Crippen LogP contribution in [0.3, 0.4) is 0 Å². The molecule has 1 aromatic carbocycles. The Bertz CT molecular complexity index is 716. The molecule has 1 amide bonds. The van der Waals surface area contributed by atoms with Crippen molar-refractivity contribution < 1.29 is 18.3 Å². The Morgan fingerprint density at radius 2 is 2.22 bits per heavy atom. The van der Waals surface area contributed by atoms with E-state index in [1.807, 2.05) is 5.38 Å². The zero-order chi connectivity index (χ0) is 16.4. The molecule has 0 bridgehead atoms. The third kappa shape index (κ3) is 3.59. The number of hydrogen-bond acceptors (Lipinski definition) is 3. The van der Waals surface area contributed by atoms with Gasteiger partial charge in [-0.1, -0.05) is 6.07 Å². The van der Waals surface area contributed by atoms with Gasteiger partial charge in [-0.3, -0.25) is 4.79 Å². The van der Waals surface area contributed by atoms with Gasteiger partial charge in [0.1, 0.15) is 17.7 Å². The number of rotatable bonds is 4. The third-order valence-corrected chi connectivity index (χ3v) is 5.02. The van der Waals surface area contributed by atoms with Crippen LogP contribution < -0.4 is 0 Å². The highest BCUT2D eigenvalue weighted by atomic mass is 32.1. The Balaban J connectivity index is 1.65. The van der Waals surface area contributed by atoms with E-state index in [9.17, 15) is 13.6 Å². The zero-order valence-electron chi connectivity index (χ0n) is 12.7. The smallest absolute Gasteiger partial charge is 0.225 e. The number of nitrogens with zero attached hydrogens (tertiary/aromatic N) is 1. The van der Waals surface area contributed by atoms with Crippen molar-refractivity contribution in [2.75, 3.05) is 13.7 Å². The first-order valence-electron chi connectivity index (χ1n) is 7.40. The van der Waals surface area contributed by atoms with Gasteiger partial charge < -0.3 is 9.64 Å². The SMILES string of the molecule is CN(Cc1ccc(F)cc1F)C(=O)CC1OCCc2ccsc21. The molecule has 3 rings (SSSR count). The molecule has 0 saturated carbocycles. The van der Waals surface area contributed by atoms with E-state index in [4.69, 9.17) is 4.74 Å². The van der Waals surface area contributed by atoms with Crippen LogP contribution in [0.25, 0.3) is 0 Å². The van der Waals surface area contributed by atoms with Crippen molar-refractivity contribution in [1.29, 1.82) is 0 Å². The van der Waals surface area contributed by atoms with Crippen molar-refractivity contribution in [3.8, 4) is 0 Å². The van der Waals surface area contributed by atoms with Gasteiger partial charge in [0.05, 0.1) is 13.0 Å². The minimum absolute atomic E-state index is 0.106. The standard InChI is InChI=1S/C17H17F2NO2S/c1-20(10-12-2-3-13(18)8-14(12)19)16(21)9-15-17-11(4-6-22-15)5-7-23-17/h2-3,5,7-8,15H,4,6,9-10H2,1H3. The summed E-state index contributed by atoms with van der Waals surface area (Å²) in [4.78, 5) is 14.9. The highest BCUT2D eigenvalue weighted by molar-refractivity contribution is 7.10. The summed E-state index contributed by atoms with van der Waals surface area (Å²) in [6.45, 7) is 0.715. The second-order valence-corrected chi connectivity index (χ2v) is 6.56. The Hall–Kier alpha value is -1.79. The van der Waals surface area contributed by atoms with Crippen molar-refractivity contribution in [3.05, 3.63) is 57.3 Å². The minimum atomic E-state index is -0.640. The van der Waals surface area contributed by atoms with E-state index >= 15 is 0 Å². The number of halogens is 2. The molecule has 1 aliphatic heterocycles. The predicted octanol–water partition coefficient (Wildman–Crippen LogP) is 3.69. The molecule has 0 N–H and O–H groups in total. The zero-order valence-corrected chi connectivity index (χ0v) is 13.5. The van der Waals surface area contributed by atoms with Crippen molar-refractivity contribution in [1.82, 2.24) is 4.90 Å². The van der Waals surface area contributed by atoms with Crippen molar-refractivity contribution in [2.24, 2.45) is 0 Å². The Morgan fingerprint density at radius 3 is 3.00 bits per heavy atom. The molecule has 6 heteroatoms. The maximum atomic E-state index is 13.7. The molecule has 122 valence electrons. The number of benzene rings is 1. The maximum Gasteiger partial charge on any atom is 0.225 e. The molecule has 1 unspecified atom stereocenters. The number of ether oxygens (including phenoxy) is 1. The van der Waals surface area contributed by atoms with Crippen molar-refractivity contribution >= 4 is 17.2 Å². The third-order valence-electron chi connectivity index (χ3n) is 3.97. The van der Waals surface area contributed by atoms with Crippen molar-refractivity contribution in [3.63, 3.8) is 0 Å². The van der Waals surface area contributed by atoms with E-state index in [-0.39, 0.29) is 25.0 Å². The Morgan fingerprint density at radius 1 is 1.39 bits per heavy atom. The molecule has 2 aromatic rings. The molecule has 0 spiro atoms. The average molecular weight is 337 g/mol. The summed E-state index contributed by atoms with van der Waals surface area (Å²) in [5.41, 5.74) is 1.54. The first-order chi connectivity index (χ1) is 11.0. The number of fused-ring (bicyclic) bond motifs is 1. The minimum Gasteiger partial charge on any atom is -0.372 e. The lowest BCUT2D eigenvalue weighted by Crippen LogP contribution is -2.29. The molecule has 0 saturated heterocycles. The summed E-state index contributed by atoms with van der Waals surface area (Å²) in [5, 5.41) is 2.01. The van der Waals surface area contributed by atoms with E-state index in [1.165, 1.54) is 22.6 Å². The van der Waals surface area contributed by atoms with Crippen LogP contribution in [0, 0.1) is 11.6 Å². The molecular weight excluding hydrogens is 320 g/mol. The summed E-state index contributed by atoms with van der Waals surface area (Å²) >= 11 is 1.60. The fourth-order valence-corrected chi connectivity index (χ4v) is 3.69. The topological polar surface area (TPSA) is 29.5 Å². The summed E-state index contributed by atoms with van der Waals surface area (Å²) < 4.78 is 32.3. The molecular formula is C17H17F2NO2S. The fourth-order valence-electron chi connectivity index (χ4n) is 2.68. The van der Waals surface area contributed by atoms with Crippen LogP contribution in [0.2, 0.25) is 0 Å². The van der Waals surface area contributed by atoms with Crippen molar-refractivity contribution in [2.45, 2.75) is 25.5 Å². The van der Waals surface area contributed by atoms with Crippen LogP contribution in [0.5, 0.6) is 0 Å². The molecule has 23 heavy (non-hydrogen) atoms. The highest BCUT2D eigenvalue weighted by Gasteiger charge is 2.26. The monoisotopic (exact) mass is 337 g/mol. The average Bonchev–Trinajstić information content (AvgIpc) is 2.99. The number of amides is 1. The molecule has 1 aliphatic rings. The van der Waals surface area contributed by atoms with E-state index in [0.29, 0.717) is 12.2 Å². The molecule has 0 aliphatic carbocycles. The van der Waals surface area contributed by atoms with Crippen LogP contribution in [0.1, 0.15) is 28.5 Å². The molecule has 2 heterocycles. The van der Waals surface area contributed by atoms with Gasteiger partial charge >= 0.3 is 0 Å². The van der Waals surface area contributed by atoms with Gasteiger partial charge in [0.15, 0.2) is 0 Å². The summed E-state index contributed by atoms with van der Waals surface area (Å²) in [7, 11) is 1.61. The van der Waals surface area contributed by atoms with Crippen LogP contribution >= 0.6 is 11.3 Å². The second-order valence-electron chi connectivity index (χ2n) is 5.61. The predicted molar refractivity (Wildman–Crippen MR) is 84.2 cm³/mol. The van der Waals surface area contributed by atoms with E-state index in [0.717, 1.165) is 17.4 Å². The van der Waals surface area contributed by atoms with Crippen LogP contribution in [-0.2, 0) is 22.5 Å². The maximum absolute atomic E-state index is 13.7. The summed E-state index contributed by atoms with van der Waals surface area (Å²) in [6.07, 6.45) is 0.874. The van der Waals surface area contributed by atoms with Gasteiger partial charge in [-0.2, -0.15) is 0 Å². The van der Waals surface area contributed by atoms with E-state index in [1.54, 1.807) is 18.4 Å². The first kappa shape index (κ1) is 16.1. The summed E-state index contributed by atoms with van der Waals surface area (Å²) in [5.74, 6) is -1.39. The van der Waals surface area contributed by atoms with Crippen LogP contribution in [-0.4, -0.2) is 24.5 Å². The van der Waals surface area contributed by atoms with Crippen LogP contribution in [0.4, 0.5) is 8.78 Å². The largest absolute Gasteiger partial charge is 0.372 e. The Kier molecular flexibility index (Phi) is 4.73. The lowest BCUT2D eigenvalue weighted by atomic mass is 10.0. The first-order valence-corrected chi connectivity index (χ1v) is 8.28. The Labute approximate surface area is 137 Å². The van der Waals surface area contributed by atoms with E-state index < -0.39 is 11.6 Å². The molecule has 3 nitrogen and oxygen atoms in total. The molecule has 0 fully saturated rings. The van der Waals surface area contributed by atoms with Gasteiger partial charge in [0.25, 0.3) is 0 Å². The molecule has 0 radical (unpaired) electrons. The summed E-state index contributed by atoms with van der Waals surface area (Å²) in [6, 6.07) is 5.45. The van der Waals surface area contributed by atoms with Gasteiger partial charge in [-0.05, 0) is 29.5 Å². The number of thiophene rings is 1. The normalized spacial score (nSPS) is 16.9. The fraction of sp³-hybridized carbons (Fsp3) is 0.353. The van der Waals surface area contributed by atoms with E-state index in [2.05, 4.69) is 6.07 Å². The van der Waals surface area contributed by atoms with Gasteiger partial charge in [-0.25, -0.2) is 8.78 Å². The van der Waals surface area contributed by atoms with Gasteiger partial charge in [0, 0.05) is 30.1 Å². The lowest BCUT2D eigenvalue weighted by molar-refractivity contribution is -0.133. The second kappa shape index (κ2) is 6.76. The highest BCUT2D eigenvalue weighted by Crippen LogP contribution is 2.34. The van der Waals surface area contributed by atoms with Gasteiger partial charge in [-0.15, -0.1) is 11.3 Å². The van der Waals surface area contributed by atoms with Gasteiger partial charge in [0.2, 0.25) is 5.91 Å².